The van der Waals surface area contributed by atoms with E-state index in [-0.39, 0.29) is 0 Å². The van der Waals surface area contributed by atoms with Gasteiger partial charge >= 0.3 is 0 Å². The summed E-state index contributed by atoms with van der Waals surface area (Å²) in [6.07, 6.45) is 0. The van der Waals surface area contributed by atoms with Crippen LogP contribution in [0.3, 0.4) is 0 Å². The summed E-state index contributed by atoms with van der Waals surface area (Å²) >= 11 is 0. The van der Waals surface area contributed by atoms with Crippen molar-refractivity contribution in [1.29, 1.82) is 0 Å². The Morgan fingerprint density at radius 3 is 1.33 bits per heavy atom. The number of hydrogen-bond acceptors (Lipinski definition) is 0. The van der Waals surface area contributed by atoms with Crippen LogP contribution in [0, 0.1) is 0 Å². The first kappa shape index (κ1) is 24.3. The van der Waals surface area contributed by atoms with E-state index < -0.39 is 0 Å². The second kappa shape index (κ2) is 10.2. The number of fused-ring (bicyclic) bond motifs is 3. The summed E-state index contributed by atoms with van der Waals surface area (Å²) < 4.78 is 0. The summed E-state index contributed by atoms with van der Waals surface area (Å²) in [4.78, 5) is 0. The van der Waals surface area contributed by atoms with Crippen LogP contribution >= 0.6 is 0 Å². The van der Waals surface area contributed by atoms with E-state index in [4.69, 9.17) is 0 Å². The molecule has 0 unspecified atom stereocenters. The molecule has 0 heteroatoms. The average Bonchev–Trinajstić information content (AvgIpc) is 3.07. The minimum atomic E-state index is 1.23. The van der Waals surface area contributed by atoms with E-state index in [9.17, 15) is 0 Å². The van der Waals surface area contributed by atoms with Crippen LogP contribution in [0.2, 0.25) is 0 Å². The third-order valence-corrected chi connectivity index (χ3v) is 8.44. The van der Waals surface area contributed by atoms with Gasteiger partial charge in [0, 0.05) is 0 Å². The Kier molecular flexibility index (Phi) is 5.90. The third-order valence-electron chi connectivity index (χ3n) is 8.44. The van der Waals surface area contributed by atoms with Gasteiger partial charge in [0.15, 0.2) is 0 Å². The van der Waals surface area contributed by atoms with E-state index in [0.29, 0.717) is 0 Å². The summed E-state index contributed by atoms with van der Waals surface area (Å²) in [5.41, 5.74) is 9.93. The van der Waals surface area contributed by atoms with Crippen LogP contribution < -0.4 is 0 Å². The minimum Gasteiger partial charge on any atom is -0.0616 e. The molecule has 8 aromatic carbocycles. The Labute approximate surface area is 246 Å². The van der Waals surface area contributed by atoms with E-state index >= 15 is 0 Å². The SMILES string of the molecule is c1cc(-c2ccc3cc(-c4ccc(-c5ccc6ccccc6c5)cc4)ccc3c2)cc(-c2cccc3ccccc23)c1. The molecule has 0 aliphatic heterocycles. The van der Waals surface area contributed by atoms with Crippen LogP contribution in [-0.2, 0) is 0 Å². The summed E-state index contributed by atoms with van der Waals surface area (Å²) in [5, 5.41) is 7.60. The molecule has 0 amide bonds. The molecule has 42 heavy (non-hydrogen) atoms. The van der Waals surface area contributed by atoms with Crippen molar-refractivity contribution in [1.82, 2.24) is 0 Å². The van der Waals surface area contributed by atoms with Gasteiger partial charge in [-0.15, -0.1) is 0 Å². The van der Waals surface area contributed by atoms with Crippen molar-refractivity contribution in [2.45, 2.75) is 0 Å². The Balaban J connectivity index is 1.09. The lowest BCUT2D eigenvalue weighted by Gasteiger charge is -2.11. The second-order valence-corrected chi connectivity index (χ2v) is 11.0. The summed E-state index contributed by atoms with van der Waals surface area (Å²) in [6, 6.07) is 61.8. The quantitative estimate of drug-likeness (QED) is 0.211. The van der Waals surface area contributed by atoms with E-state index in [1.165, 1.54) is 76.8 Å². The standard InChI is InChI=1S/C42H28/c1-2-9-33-25-35(20-19-29(33)7-1)30-15-17-31(18-16-30)36-21-22-39-27-37(23-24-38(39)26-36)34-11-5-12-40(28-34)42-14-6-10-32-8-3-4-13-41(32)42/h1-28H. The van der Waals surface area contributed by atoms with Gasteiger partial charge in [0.2, 0.25) is 0 Å². The molecular formula is C42H28. The van der Waals surface area contributed by atoms with Crippen molar-refractivity contribution in [2.75, 3.05) is 0 Å². The maximum atomic E-state index is 2.31. The monoisotopic (exact) mass is 532 g/mol. The largest absolute Gasteiger partial charge is 0.0616 e. The maximum Gasteiger partial charge on any atom is -0.0105 e. The fraction of sp³-hybridized carbons (Fsp3) is 0. The van der Waals surface area contributed by atoms with E-state index in [1.807, 2.05) is 0 Å². The van der Waals surface area contributed by atoms with Gasteiger partial charge in [-0.05, 0) is 101 Å². The molecule has 196 valence electrons. The van der Waals surface area contributed by atoms with Gasteiger partial charge in [0.05, 0.1) is 0 Å². The van der Waals surface area contributed by atoms with Crippen molar-refractivity contribution >= 4 is 32.3 Å². The Morgan fingerprint density at radius 2 is 0.643 bits per heavy atom. The average molecular weight is 533 g/mol. The predicted octanol–water partition coefficient (Wildman–Crippen LogP) is 11.8. The first-order valence-electron chi connectivity index (χ1n) is 14.5. The van der Waals surface area contributed by atoms with Crippen LogP contribution in [0.4, 0.5) is 0 Å². The Bertz CT molecular complexity index is 2230. The number of benzene rings is 8. The lowest BCUT2D eigenvalue weighted by molar-refractivity contribution is 1.60. The highest BCUT2D eigenvalue weighted by Crippen LogP contribution is 2.34. The summed E-state index contributed by atoms with van der Waals surface area (Å²) in [6.45, 7) is 0. The zero-order valence-corrected chi connectivity index (χ0v) is 23.2. The van der Waals surface area contributed by atoms with Gasteiger partial charge in [-0.25, -0.2) is 0 Å². The molecule has 0 aromatic heterocycles. The predicted molar refractivity (Wildman–Crippen MR) is 181 cm³/mol. The molecule has 0 spiro atoms. The van der Waals surface area contributed by atoms with Crippen LogP contribution in [0.5, 0.6) is 0 Å². The van der Waals surface area contributed by atoms with Gasteiger partial charge in [-0.1, -0.05) is 146 Å². The lowest BCUT2D eigenvalue weighted by atomic mass is 9.93. The molecule has 0 N–H and O–H groups in total. The molecule has 0 nitrogen and oxygen atoms in total. The van der Waals surface area contributed by atoms with Crippen LogP contribution in [0.25, 0.3) is 76.8 Å². The Morgan fingerprint density at radius 1 is 0.214 bits per heavy atom. The van der Waals surface area contributed by atoms with Gasteiger partial charge < -0.3 is 0 Å². The Hall–Kier alpha value is -5.46. The minimum absolute atomic E-state index is 1.23. The molecule has 0 radical (unpaired) electrons. The molecular weight excluding hydrogens is 504 g/mol. The molecule has 0 saturated heterocycles. The van der Waals surface area contributed by atoms with Crippen molar-refractivity contribution < 1.29 is 0 Å². The first-order chi connectivity index (χ1) is 20.8. The molecule has 0 atom stereocenters. The van der Waals surface area contributed by atoms with E-state index in [0.717, 1.165) is 0 Å². The van der Waals surface area contributed by atoms with Gasteiger partial charge in [-0.3, -0.25) is 0 Å². The van der Waals surface area contributed by atoms with Crippen LogP contribution in [-0.4, -0.2) is 0 Å². The second-order valence-electron chi connectivity index (χ2n) is 11.0. The van der Waals surface area contributed by atoms with E-state index in [1.54, 1.807) is 0 Å². The van der Waals surface area contributed by atoms with Gasteiger partial charge in [0.25, 0.3) is 0 Å². The van der Waals surface area contributed by atoms with Crippen LogP contribution in [0.1, 0.15) is 0 Å². The van der Waals surface area contributed by atoms with E-state index in [2.05, 4.69) is 170 Å². The number of rotatable bonds is 4. The molecule has 0 saturated carbocycles. The third kappa shape index (κ3) is 4.44. The highest BCUT2D eigenvalue weighted by Gasteiger charge is 2.08. The molecule has 0 aliphatic carbocycles. The van der Waals surface area contributed by atoms with Crippen molar-refractivity contribution in [3.63, 3.8) is 0 Å². The summed E-state index contributed by atoms with van der Waals surface area (Å²) in [7, 11) is 0. The molecule has 0 fully saturated rings. The molecule has 0 aliphatic rings. The zero-order chi connectivity index (χ0) is 27.9. The first-order valence-corrected chi connectivity index (χ1v) is 14.5. The van der Waals surface area contributed by atoms with Crippen molar-refractivity contribution in [3.05, 3.63) is 170 Å². The molecule has 0 bridgehead atoms. The van der Waals surface area contributed by atoms with Crippen LogP contribution in [0.15, 0.2) is 170 Å². The number of hydrogen-bond donors (Lipinski definition) is 0. The van der Waals surface area contributed by atoms with Crippen molar-refractivity contribution in [3.8, 4) is 44.5 Å². The molecule has 8 aromatic rings. The van der Waals surface area contributed by atoms with Gasteiger partial charge in [0.1, 0.15) is 0 Å². The summed E-state index contributed by atoms with van der Waals surface area (Å²) in [5.74, 6) is 0. The molecule has 0 heterocycles. The maximum absolute atomic E-state index is 2.31. The normalized spacial score (nSPS) is 11.3. The highest BCUT2D eigenvalue weighted by molar-refractivity contribution is 5.98. The smallest absolute Gasteiger partial charge is 0.0105 e. The fourth-order valence-electron chi connectivity index (χ4n) is 6.17. The lowest BCUT2D eigenvalue weighted by Crippen LogP contribution is -1.85. The van der Waals surface area contributed by atoms with Gasteiger partial charge in [-0.2, -0.15) is 0 Å². The topological polar surface area (TPSA) is 0 Å². The zero-order valence-electron chi connectivity index (χ0n) is 23.2. The highest BCUT2D eigenvalue weighted by atomic mass is 14.1. The fourth-order valence-corrected chi connectivity index (χ4v) is 6.17. The van der Waals surface area contributed by atoms with Crippen molar-refractivity contribution in [2.24, 2.45) is 0 Å². The molecule has 8 rings (SSSR count).